The van der Waals surface area contributed by atoms with Crippen LogP contribution in [0.3, 0.4) is 0 Å². The number of nitrogens with zero attached hydrogens (tertiary/aromatic N) is 2. The molecule has 2 aromatic rings. The molecule has 9 heteroatoms. The molecule has 1 fully saturated rings. The lowest BCUT2D eigenvalue weighted by Crippen LogP contribution is -2.36. The summed E-state index contributed by atoms with van der Waals surface area (Å²) < 4.78 is 28.9. The van der Waals surface area contributed by atoms with Gasteiger partial charge in [-0.3, -0.25) is 4.79 Å². The Balaban J connectivity index is 1.87. The van der Waals surface area contributed by atoms with E-state index < -0.39 is 10.0 Å². The van der Waals surface area contributed by atoms with Crippen molar-refractivity contribution < 1.29 is 13.2 Å². The van der Waals surface area contributed by atoms with Crippen LogP contribution in [0.25, 0.3) is 10.4 Å². The van der Waals surface area contributed by atoms with E-state index in [0.29, 0.717) is 23.2 Å². The maximum Gasteiger partial charge on any atom is 0.256 e. The molecule has 7 nitrogen and oxygen atoms in total. The van der Waals surface area contributed by atoms with Crippen molar-refractivity contribution in [3.8, 4) is 10.4 Å². The van der Waals surface area contributed by atoms with Crippen LogP contribution in [0.1, 0.15) is 55.2 Å². The van der Waals surface area contributed by atoms with E-state index >= 15 is 0 Å². The fourth-order valence-electron chi connectivity index (χ4n) is 4.00. The second kappa shape index (κ2) is 7.07. The topological polar surface area (TPSA) is 105 Å². The quantitative estimate of drug-likeness (QED) is 0.727. The number of aromatic nitrogens is 1. The van der Waals surface area contributed by atoms with E-state index in [1.165, 1.54) is 11.3 Å². The van der Waals surface area contributed by atoms with Crippen LogP contribution >= 0.6 is 11.3 Å². The molecule has 2 heterocycles. The summed E-state index contributed by atoms with van der Waals surface area (Å²) in [5.41, 5.74) is 8.38. The van der Waals surface area contributed by atoms with Crippen molar-refractivity contribution in [3.63, 3.8) is 0 Å². The number of nitrogens with two attached hydrogens (primary N) is 1. The van der Waals surface area contributed by atoms with E-state index in [9.17, 15) is 13.2 Å². The van der Waals surface area contributed by atoms with Gasteiger partial charge in [-0.05, 0) is 69.7 Å². The molecule has 1 aromatic carbocycles. The Hall–Kier alpha value is -1.97. The lowest BCUT2D eigenvalue weighted by atomic mass is 10.0. The summed E-state index contributed by atoms with van der Waals surface area (Å²) in [6.07, 6.45) is 2.23. The molecule has 1 aliphatic heterocycles. The average molecular weight is 435 g/mol. The number of hydrogen-bond acceptors (Lipinski definition) is 6. The van der Waals surface area contributed by atoms with E-state index in [1.807, 2.05) is 17.9 Å². The average Bonchev–Trinajstić information content (AvgIpc) is 3.34. The standard InChI is InChI=1S/C20H26N4O3S2/c1-10(2)23-29(26,27)16-8-14(18-11(3)22-20(21)28-18)7-15-9-24(19(25)17(15)16)12(4)13-5-6-13/h7-8,10,12-13,23H,5-6,9H2,1-4H3,(H2,21,22)/t12-/m0/s1. The Morgan fingerprint density at radius 3 is 2.52 bits per heavy atom. The van der Waals surface area contributed by atoms with Crippen LogP contribution in [0.5, 0.6) is 0 Å². The van der Waals surface area contributed by atoms with E-state index in [1.54, 1.807) is 19.9 Å². The molecule has 0 spiro atoms. The largest absolute Gasteiger partial charge is 0.375 e. The molecule has 0 radical (unpaired) electrons. The number of nitrogen functional groups attached to an aromatic ring is 1. The minimum absolute atomic E-state index is 0.0422. The normalized spacial score (nSPS) is 17.8. The monoisotopic (exact) mass is 434 g/mol. The zero-order valence-corrected chi connectivity index (χ0v) is 18.7. The number of sulfonamides is 1. The van der Waals surface area contributed by atoms with Gasteiger partial charge in [0.2, 0.25) is 10.0 Å². The molecule has 1 amide bonds. The van der Waals surface area contributed by atoms with Crippen molar-refractivity contribution in [2.75, 3.05) is 5.73 Å². The number of hydrogen-bond donors (Lipinski definition) is 2. The van der Waals surface area contributed by atoms with Gasteiger partial charge >= 0.3 is 0 Å². The number of aryl methyl sites for hydroxylation is 1. The molecule has 0 saturated heterocycles. The van der Waals surface area contributed by atoms with Gasteiger partial charge in [0.05, 0.1) is 21.0 Å². The third-order valence-corrected chi connectivity index (χ3v) is 8.27. The Kier molecular flexibility index (Phi) is 4.95. The summed E-state index contributed by atoms with van der Waals surface area (Å²) in [4.78, 5) is 20.2. The summed E-state index contributed by atoms with van der Waals surface area (Å²) in [7, 11) is -3.85. The first-order valence-electron chi connectivity index (χ1n) is 9.82. The summed E-state index contributed by atoms with van der Waals surface area (Å²) in [5, 5.41) is 0.433. The van der Waals surface area contributed by atoms with Gasteiger partial charge in [-0.1, -0.05) is 11.3 Å². The van der Waals surface area contributed by atoms with Gasteiger partial charge in [-0.25, -0.2) is 18.1 Å². The Morgan fingerprint density at radius 2 is 1.97 bits per heavy atom. The fourth-order valence-corrected chi connectivity index (χ4v) is 6.34. The van der Waals surface area contributed by atoms with Crippen LogP contribution in [-0.2, 0) is 16.6 Å². The van der Waals surface area contributed by atoms with E-state index in [2.05, 4.69) is 16.6 Å². The second-order valence-electron chi connectivity index (χ2n) is 8.26. The molecular weight excluding hydrogens is 408 g/mol. The highest BCUT2D eigenvalue weighted by atomic mass is 32.2. The van der Waals surface area contributed by atoms with Crippen LogP contribution in [0.15, 0.2) is 17.0 Å². The molecule has 3 N–H and O–H groups in total. The first-order chi connectivity index (χ1) is 13.6. The number of benzene rings is 1. The Labute approximate surface area is 175 Å². The zero-order valence-electron chi connectivity index (χ0n) is 17.0. The van der Waals surface area contributed by atoms with Gasteiger partial charge in [-0.15, -0.1) is 0 Å². The van der Waals surface area contributed by atoms with Gasteiger partial charge < -0.3 is 10.6 Å². The molecule has 1 atom stereocenters. The van der Waals surface area contributed by atoms with E-state index in [-0.39, 0.29) is 22.9 Å². The summed E-state index contributed by atoms with van der Waals surface area (Å²) in [6, 6.07) is 3.33. The van der Waals surface area contributed by atoms with Gasteiger partial charge in [0.1, 0.15) is 0 Å². The number of carbonyl (C=O) groups is 1. The number of carbonyl (C=O) groups excluding carboxylic acids is 1. The minimum atomic E-state index is -3.85. The maximum absolute atomic E-state index is 13.2. The van der Waals surface area contributed by atoms with Gasteiger partial charge in [0.25, 0.3) is 5.91 Å². The Bertz CT molecular complexity index is 1090. The molecule has 0 unspecified atom stereocenters. The van der Waals surface area contributed by atoms with Crippen molar-refractivity contribution in [2.45, 2.75) is 64.1 Å². The Morgan fingerprint density at radius 1 is 1.28 bits per heavy atom. The van der Waals surface area contributed by atoms with E-state index in [4.69, 9.17) is 5.73 Å². The number of nitrogens with one attached hydrogen (secondary N) is 1. The summed E-state index contributed by atoms with van der Waals surface area (Å²) in [5.74, 6) is 0.306. The van der Waals surface area contributed by atoms with Crippen LogP contribution in [0, 0.1) is 12.8 Å². The predicted molar refractivity (Wildman–Crippen MR) is 114 cm³/mol. The number of anilines is 1. The molecule has 4 rings (SSSR count). The van der Waals surface area contributed by atoms with Crippen molar-refractivity contribution >= 4 is 32.4 Å². The molecule has 1 aliphatic carbocycles. The molecule has 1 aromatic heterocycles. The lowest BCUT2D eigenvalue weighted by molar-refractivity contribution is 0.0694. The maximum atomic E-state index is 13.2. The van der Waals surface area contributed by atoms with Crippen LogP contribution in [0.4, 0.5) is 5.13 Å². The zero-order chi connectivity index (χ0) is 21.1. The molecule has 1 saturated carbocycles. The summed E-state index contributed by atoms with van der Waals surface area (Å²) in [6.45, 7) is 7.86. The highest BCUT2D eigenvalue weighted by Crippen LogP contribution is 2.42. The number of thiazole rings is 1. The van der Waals surface area contributed by atoms with Gasteiger partial charge in [0.15, 0.2) is 5.13 Å². The van der Waals surface area contributed by atoms with Gasteiger partial charge in [0, 0.05) is 18.6 Å². The first kappa shape index (κ1) is 20.3. The summed E-state index contributed by atoms with van der Waals surface area (Å²) >= 11 is 1.32. The molecule has 2 aliphatic rings. The molecule has 156 valence electrons. The predicted octanol–water partition coefficient (Wildman–Crippen LogP) is 3.14. The fraction of sp³-hybridized carbons (Fsp3) is 0.500. The SMILES string of the molecule is Cc1nc(N)sc1-c1cc2c(c(S(=O)(=O)NC(C)C)c1)C(=O)N([C@@H](C)C1CC1)C2. The first-order valence-corrected chi connectivity index (χ1v) is 12.1. The van der Waals surface area contributed by atoms with Crippen LogP contribution in [0.2, 0.25) is 0 Å². The highest BCUT2D eigenvalue weighted by molar-refractivity contribution is 7.89. The third-order valence-electron chi connectivity index (χ3n) is 5.55. The number of rotatable bonds is 6. The van der Waals surface area contributed by atoms with Crippen molar-refractivity contribution in [1.82, 2.24) is 14.6 Å². The molecular formula is C20H26N4O3S2. The number of amides is 1. The third kappa shape index (κ3) is 3.67. The smallest absolute Gasteiger partial charge is 0.256 e. The molecule has 0 bridgehead atoms. The minimum Gasteiger partial charge on any atom is -0.375 e. The van der Waals surface area contributed by atoms with Crippen molar-refractivity contribution in [2.24, 2.45) is 5.92 Å². The lowest BCUT2D eigenvalue weighted by Gasteiger charge is -2.24. The van der Waals surface area contributed by atoms with Gasteiger partial charge in [-0.2, -0.15) is 0 Å². The van der Waals surface area contributed by atoms with Crippen LogP contribution < -0.4 is 10.5 Å². The van der Waals surface area contributed by atoms with Crippen molar-refractivity contribution in [3.05, 3.63) is 29.0 Å². The second-order valence-corrected chi connectivity index (χ2v) is 11.0. The molecule has 29 heavy (non-hydrogen) atoms. The van der Waals surface area contributed by atoms with E-state index in [0.717, 1.165) is 34.5 Å². The number of fused-ring (bicyclic) bond motifs is 1. The van der Waals surface area contributed by atoms with Crippen molar-refractivity contribution in [1.29, 1.82) is 0 Å². The highest BCUT2D eigenvalue weighted by Gasteiger charge is 2.41. The van der Waals surface area contributed by atoms with Crippen LogP contribution in [-0.4, -0.2) is 36.3 Å².